The van der Waals surface area contributed by atoms with Gasteiger partial charge in [-0.25, -0.2) is 13.8 Å². The number of hydrogen-bond donors (Lipinski definition) is 0. The van der Waals surface area contributed by atoms with E-state index in [1.165, 1.54) is 12.2 Å². The molecule has 0 bridgehead atoms. The molecule has 0 aliphatic heterocycles. The van der Waals surface area contributed by atoms with Crippen molar-refractivity contribution < 1.29 is 8.78 Å². The van der Waals surface area contributed by atoms with Crippen molar-refractivity contribution in [1.29, 1.82) is 0 Å². The normalized spacial score (nSPS) is 12.2. The van der Waals surface area contributed by atoms with Crippen LogP contribution in [0.25, 0.3) is 0 Å². The second-order valence-corrected chi connectivity index (χ2v) is 4.78. The van der Waals surface area contributed by atoms with E-state index in [1.807, 2.05) is 31.9 Å². The Labute approximate surface area is 124 Å². The lowest BCUT2D eigenvalue weighted by Gasteiger charge is -2.20. The molecule has 0 aliphatic carbocycles. The minimum Gasteiger partial charge on any atom is -0.334 e. The third-order valence-corrected chi connectivity index (χ3v) is 3.01. The molecule has 1 aromatic heterocycles. The van der Waals surface area contributed by atoms with Gasteiger partial charge in [-0.1, -0.05) is 25.3 Å². The van der Waals surface area contributed by atoms with Crippen molar-refractivity contribution in [1.82, 2.24) is 4.98 Å². The molecular weight excluding hydrogens is 270 g/mol. The Morgan fingerprint density at radius 2 is 2.05 bits per heavy atom. The molecule has 1 rings (SSSR count). The van der Waals surface area contributed by atoms with Gasteiger partial charge in [-0.3, -0.25) is 0 Å². The molecule has 112 valence electrons. The summed E-state index contributed by atoms with van der Waals surface area (Å²) in [6.07, 6.45) is 5.31. The first-order valence-electron chi connectivity index (χ1n) is 6.55. The molecule has 0 unspecified atom stereocenters. The number of nitrogens with zero attached hydrogens (tertiary/aromatic N) is 2. The maximum atomic E-state index is 13.4. The van der Waals surface area contributed by atoms with E-state index in [0.29, 0.717) is 0 Å². The van der Waals surface area contributed by atoms with E-state index >= 15 is 0 Å². The van der Waals surface area contributed by atoms with Crippen LogP contribution in [0.5, 0.6) is 0 Å². The molecule has 0 N–H and O–H groups in total. The molecule has 0 fully saturated rings. The van der Waals surface area contributed by atoms with Crippen LogP contribution in [0, 0.1) is 6.92 Å². The number of halogens is 2. The van der Waals surface area contributed by atoms with Crippen molar-refractivity contribution in [3.05, 3.63) is 72.1 Å². The Morgan fingerprint density at radius 3 is 2.57 bits per heavy atom. The lowest BCUT2D eigenvalue weighted by molar-refractivity contribution is 0.542. The van der Waals surface area contributed by atoms with Gasteiger partial charge in [0.15, 0.2) is 11.7 Å². The van der Waals surface area contributed by atoms with Crippen molar-refractivity contribution in [2.45, 2.75) is 20.3 Å². The molecule has 0 amide bonds. The molecule has 1 aromatic rings. The molecule has 0 spiro atoms. The lowest BCUT2D eigenvalue weighted by Crippen LogP contribution is -2.16. The van der Waals surface area contributed by atoms with Gasteiger partial charge in [0.25, 0.3) is 0 Å². The zero-order chi connectivity index (χ0) is 16.0. The zero-order valence-corrected chi connectivity index (χ0v) is 12.7. The van der Waals surface area contributed by atoms with Crippen molar-refractivity contribution in [3.8, 4) is 0 Å². The summed E-state index contributed by atoms with van der Waals surface area (Å²) in [7, 11) is 1.88. The van der Waals surface area contributed by atoms with E-state index in [2.05, 4.69) is 18.1 Å². The van der Waals surface area contributed by atoms with Gasteiger partial charge in [0.05, 0.1) is 0 Å². The third kappa shape index (κ3) is 4.67. The van der Waals surface area contributed by atoms with Gasteiger partial charge in [-0.05, 0) is 43.5 Å². The molecule has 2 nitrogen and oxygen atoms in total. The minimum atomic E-state index is -0.923. The average Bonchev–Trinajstić information content (AvgIpc) is 2.44. The highest BCUT2D eigenvalue weighted by Crippen LogP contribution is 2.20. The minimum absolute atomic E-state index is 0.273. The predicted molar refractivity (Wildman–Crippen MR) is 84.5 cm³/mol. The van der Waals surface area contributed by atoms with Crippen LogP contribution >= 0.6 is 0 Å². The first kappa shape index (κ1) is 16.8. The number of aromatic nitrogens is 1. The summed E-state index contributed by atoms with van der Waals surface area (Å²) in [6, 6.07) is 1.90. The van der Waals surface area contributed by atoms with E-state index in [4.69, 9.17) is 0 Å². The highest BCUT2D eigenvalue weighted by Gasteiger charge is 2.08. The van der Waals surface area contributed by atoms with Gasteiger partial charge < -0.3 is 4.90 Å². The van der Waals surface area contributed by atoms with Crippen LogP contribution in [0.1, 0.15) is 18.1 Å². The first-order chi connectivity index (χ1) is 9.86. The van der Waals surface area contributed by atoms with E-state index < -0.39 is 11.7 Å². The standard InChI is InChI=1S/C17H20F2N2/c1-6-7-15(18)16(19)9-8-14-10-13(4)17(20-11-14)21(5)12(2)3/h6-7,9-11H,1-2,8H2,3-5H3/b15-7+,16-9+. The number of hydrogen-bond acceptors (Lipinski definition) is 2. The van der Waals surface area contributed by atoms with Crippen LogP contribution < -0.4 is 4.90 Å². The SMILES string of the molecule is C=C/C=C(F)\C(F)=C/Cc1cnc(N(C)C(=C)C)c(C)c1. The Kier molecular flexibility index (Phi) is 6.03. The third-order valence-electron chi connectivity index (χ3n) is 3.01. The summed E-state index contributed by atoms with van der Waals surface area (Å²) in [4.78, 5) is 6.22. The Balaban J connectivity index is 2.91. The van der Waals surface area contributed by atoms with Gasteiger partial charge in [0.1, 0.15) is 5.82 Å². The van der Waals surface area contributed by atoms with Crippen LogP contribution in [0.4, 0.5) is 14.6 Å². The van der Waals surface area contributed by atoms with Crippen molar-refractivity contribution in [3.63, 3.8) is 0 Å². The molecule has 0 saturated carbocycles. The van der Waals surface area contributed by atoms with E-state index in [1.54, 1.807) is 6.20 Å². The molecule has 1 heterocycles. The molecule has 21 heavy (non-hydrogen) atoms. The number of anilines is 1. The van der Waals surface area contributed by atoms with E-state index in [-0.39, 0.29) is 6.42 Å². The van der Waals surface area contributed by atoms with Crippen LogP contribution in [0.3, 0.4) is 0 Å². The summed E-state index contributed by atoms with van der Waals surface area (Å²) < 4.78 is 26.6. The van der Waals surface area contributed by atoms with Gasteiger partial charge in [0.2, 0.25) is 0 Å². The van der Waals surface area contributed by atoms with Crippen molar-refractivity contribution in [2.75, 3.05) is 11.9 Å². The quantitative estimate of drug-likeness (QED) is 0.700. The molecule has 0 aliphatic rings. The smallest absolute Gasteiger partial charge is 0.158 e. The summed E-state index contributed by atoms with van der Waals surface area (Å²) in [5, 5.41) is 0. The second-order valence-electron chi connectivity index (χ2n) is 4.78. The maximum absolute atomic E-state index is 13.4. The number of aryl methyl sites for hydroxylation is 1. The second kappa shape index (κ2) is 7.53. The predicted octanol–water partition coefficient (Wildman–Crippen LogP) is 4.80. The Morgan fingerprint density at radius 1 is 1.38 bits per heavy atom. The summed E-state index contributed by atoms with van der Waals surface area (Å²) in [5.41, 5.74) is 2.64. The fourth-order valence-corrected chi connectivity index (χ4v) is 1.76. The van der Waals surface area contributed by atoms with Crippen molar-refractivity contribution >= 4 is 5.82 Å². The monoisotopic (exact) mass is 290 g/mol. The summed E-state index contributed by atoms with van der Waals surface area (Å²) in [5.74, 6) is -1.02. The topological polar surface area (TPSA) is 16.1 Å². The van der Waals surface area contributed by atoms with E-state index in [9.17, 15) is 8.78 Å². The molecule has 4 heteroatoms. The summed E-state index contributed by atoms with van der Waals surface area (Å²) in [6.45, 7) is 11.0. The number of pyridine rings is 1. The van der Waals surface area contributed by atoms with Crippen LogP contribution in [0.15, 0.2) is 61.0 Å². The number of rotatable bonds is 6. The Bertz CT molecular complexity index is 601. The van der Waals surface area contributed by atoms with Gasteiger partial charge in [-0.2, -0.15) is 0 Å². The van der Waals surface area contributed by atoms with Crippen molar-refractivity contribution in [2.24, 2.45) is 0 Å². The molecular formula is C17H20F2N2. The molecule has 0 aromatic carbocycles. The van der Waals surface area contributed by atoms with Crippen LogP contribution in [0.2, 0.25) is 0 Å². The zero-order valence-electron chi connectivity index (χ0n) is 12.7. The fraction of sp³-hybridized carbons (Fsp3) is 0.235. The highest BCUT2D eigenvalue weighted by molar-refractivity contribution is 5.51. The van der Waals surface area contributed by atoms with Gasteiger partial charge >= 0.3 is 0 Å². The lowest BCUT2D eigenvalue weighted by atomic mass is 10.1. The molecule has 0 saturated heterocycles. The van der Waals surface area contributed by atoms with Crippen LogP contribution in [-0.4, -0.2) is 12.0 Å². The van der Waals surface area contributed by atoms with Crippen LogP contribution in [-0.2, 0) is 6.42 Å². The van der Waals surface area contributed by atoms with E-state index in [0.717, 1.165) is 28.7 Å². The van der Waals surface area contributed by atoms with Gasteiger partial charge in [0, 0.05) is 18.9 Å². The highest BCUT2D eigenvalue weighted by atomic mass is 19.2. The number of allylic oxidation sites excluding steroid dienone is 6. The largest absolute Gasteiger partial charge is 0.334 e. The fourth-order valence-electron chi connectivity index (χ4n) is 1.76. The Hall–Kier alpha value is -2.23. The first-order valence-corrected chi connectivity index (χ1v) is 6.55. The average molecular weight is 290 g/mol. The molecule has 0 radical (unpaired) electrons. The van der Waals surface area contributed by atoms with Gasteiger partial charge in [-0.15, -0.1) is 0 Å². The molecule has 0 atom stereocenters. The summed E-state index contributed by atoms with van der Waals surface area (Å²) >= 11 is 0. The maximum Gasteiger partial charge on any atom is 0.158 e.